The molecule has 2 aromatic rings. The smallest absolute Gasteiger partial charge is 0.150 e. The fourth-order valence-corrected chi connectivity index (χ4v) is 3.31. The fourth-order valence-electron chi connectivity index (χ4n) is 1.40. The van der Waals surface area contributed by atoms with E-state index in [0.717, 1.165) is 21.5 Å². The number of aryl methyl sites for hydroxylation is 1. The van der Waals surface area contributed by atoms with E-state index < -0.39 is 0 Å². The third kappa shape index (κ3) is 2.57. The summed E-state index contributed by atoms with van der Waals surface area (Å²) in [5, 5.41) is 2.08. The maximum absolute atomic E-state index is 5.87. The van der Waals surface area contributed by atoms with Crippen LogP contribution in [-0.2, 0) is 5.75 Å². The lowest BCUT2D eigenvalue weighted by Gasteiger charge is -2.06. The first-order valence-electron chi connectivity index (χ1n) is 5.05. The molecule has 16 heavy (non-hydrogen) atoms. The van der Waals surface area contributed by atoms with E-state index in [-0.39, 0.29) is 0 Å². The topological polar surface area (TPSA) is 38.9 Å². The maximum Gasteiger partial charge on any atom is 0.150 e. The van der Waals surface area contributed by atoms with Crippen LogP contribution in [0.1, 0.15) is 16.8 Å². The third-order valence-corrected chi connectivity index (χ3v) is 4.62. The van der Waals surface area contributed by atoms with Crippen molar-refractivity contribution in [2.75, 3.05) is 5.73 Å². The Morgan fingerprint density at radius 1 is 1.38 bits per heavy atom. The third-order valence-electron chi connectivity index (χ3n) is 2.44. The summed E-state index contributed by atoms with van der Waals surface area (Å²) in [7, 11) is 0. The monoisotopic (exact) mass is 250 g/mol. The van der Waals surface area contributed by atoms with E-state index in [4.69, 9.17) is 5.73 Å². The van der Waals surface area contributed by atoms with Gasteiger partial charge in [-0.1, -0.05) is 23.9 Å². The van der Waals surface area contributed by atoms with Gasteiger partial charge in [0.2, 0.25) is 0 Å². The molecular weight excluding hydrogens is 236 g/mol. The van der Waals surface area contributed by atoms with Gasteiger partial charge in [-0.3, -0.25) is 0 Å². The fraction of sp³-hybridized carbons (Fsp3) is 0.250. The van der Waals surface area contributed by atoms with Gasteiger partial charge in [-0.25, -0.2) is 4.98 Å². The summed E-state index contributed by atoms with van der Waals surface area (Å²) >= 11 is 3.47. The first-order valence-corrected chi connectivity index (χ1v) is 6.92. The van der Waals surface area contributed by atoms with Crippen molar-refractivity contribution in [1.29, 1.82) is 0 Å². The van der Waals surface area contributed by atoms with E-state index in [0.29, 0.717) is 0 Å². The van der Waals surface area contributed by atoms with E-state index in [1.807, 2.05) is 19.1 Å². The molecule has 0 atom stereocenters. The molecule has 0 aliphatic rings. The molecule has 4 heteroatoms. The van der Waals surface area contributed by atoms with Crippen LogP contribution in [0.15, 0.2) is 27.9 Å². The highest BCUT2D eigenvalue weighted by molar-refractivity contribution is 8.00. The van der Waals surface area contributed by atoms with Crippen LogP contribution in [0.3, 0.4) is 0 Å². The highest BCUT2D eigenvalue weighted by atomic mass is 32.2. The number of thioether (sulfide) groups is 1. The molecule has 1 heterocycles. The molecule has 2 rings (SSSR count). The van der Waals surface area contributed by atoms with Crippen LogP contribution in [0.25, 0.3) is 0 Å². The van der Waals surface area contributed by atoms with Crippen LogP contribution in [0.5, 0.6) is 0 Å². The first-order chi connectivity index (χ1) is 7.66. The zero-order valence-electron chi connectivity index (χ0n) is 9.36. The van der Waals surface area contributed by atoms with Crippen molar-refractivity contribution in [1.82, 2.24) is 4.98 Å². The Bertz CT molecular complexity index is 492. The molecule has 2 N–H and O–H groups in total. The Morgan fingerprint density at radius 3 is 2.88 bits per heavy atom. The zero-order valence-corrected chi connectivity index (χ0v) is 11.0. The molecule has 0 saturated carbocycles. The summed E-state index contributed by atoms with van der Waals surface area (Å²) in [6, 6.07) is 6.07. The number of aromatic nitrogens is 1. The number of nitrogen functional groups attached to an aromatic ring is 1. The molecular formula is C12H14N2S2. The predicted molar refractivity (Wildman–Crippen MR) is 72.0 cm³/mol. The molecule has 0 amide bonds. The van der Waals surface area contributed by atoms with Gasteiger partial charge in [-0.15, -0.1) is 11.3 Å². The van der Waals surface area contributed by atoms with Crippen LogP contribution < -0.4 is 5.73 Å². The van der Waals surface area contributed by atoms with E-state index in [1.165, 1.54) is 11.1 Å². The summed E-state index contributed by atoms with van der Waals surface area (Å²) in [4.78, 5) is 4.43. The minimum Gasteiger partial charge on any atom is -0.399 e. The molecule has 2 nitrogen and oxygen atoms in total. The Hall–Kier alpha value is -1.00. The number of hydrogen-bond donors (Lipinski definition) is 1. The largest absolute Gasteiger partial charge is 0.399 e. The molecule has 0 bridgehead atoms. The van der Waals surface area contributed by atoms with E-state index in [1.54, 1.807) is 23.1 Å². The Balaban J connectivity index is 2.07. The van der Waals surface area contributed by atoms with Crippen molar-refractivity contribution in [3.8, 4) is 0 Å². The minimum absolute atomic E-state index is 0.869. The lowest BCUT2D eigenvalue weighted by Crippen LogP contribution is -1.93. The van der Waals surface area contributed by atoms with Gasteiger partial charge in [0, 0.05) is 22.5 Å². The normalized spacial score (nSPS) is 10.6. The van der Waals surface area contributed by atoms with E-state index in [2.05, 4.69) is 23.4 Å². The average molecular weight is 250 g/mol. The minimum atomic E-state index is 0.869. The maximum atomic E-state index is 5.87. The summed E-state index contributed by atoms with van der Waals surface area (Å²) in [6.07, 6.45) is 0. The van der Waals surface area contributed by atoms with Crippen LogP contribution in [0, 0.1) is 13.8 Å². The Morgan fingerprint density at radius 2 is 2.19 bits per heavy atom. The number of benzene rings is 1. The molecule has 84 valence electrons. The Labute approximate surface area is 104 Å². The molecule has 0 spiro atoms. The van der Waals surface area contributed by atoms with Gasteiger partial charge in [-0.05, 0) is 31.0 Å². The zero-order chi connectivity index (χ0) is 11.5. The first kappa shape index (κ1) is 11.5. The number of nitrogens with zero attached hydrogens (tertiary/aromatic N) is 1. The molecule has 0 unspecified atom stereocenters. The standard InChI is InChI=1S/C12H14N2S2/c1-8-6-15-12(14-8)16-7-10-4-3-5-11(13)9(10)2/h3-6H,7,13H2,1-2H3. The summed E-state index contributed by atoms with van der Waals surface area (Å²) in [5.74, 6) is 0.934. The number of anilines is 1. The molecule has 0 radical (unpaired) electrons. The van der Waals surface area contributed by atoms with E-state index in [9.17, 15) is 0 Å². The van der Waals surface area contributed by atoms with Crippen LogP contribution >= 0.6 is 23.1 Å². The highest BCUT2D eigenvalue weighted by Crippen LogP contribution is 2.28. The van der Waals surface area contributed by atoms with Crippen molar-refractivity contribution >= 4 is 28.8 Å². The number of rotatable bonds is 3. The van der Waals surface area contributed by atoms with Crippen molar-refractivity contribution in [3.05, 3.63) is 40.4 Å². The van der Waals surface area contributed by atoms with Crippen LogP contribution in [-0.4, -0.2) is 4.98 Å². The van der Waals surface area contributed by atoms with Crippen LogP contribution in [0.2, 0.25) is 0 Å². The lowest BCUT2D eigenvalue weighted by molar-refractivity contribution is 1.16. The van der Waals surface area contributed by atoms with Gasteiger partial charge in [0.1, 0.15) is 4.34 Å². The van der Waals surface area contributed by atoms with E-state index >= 15 is 0 Å². The number of hydrogen-bond acceptors (Lipinski definition) is 4. The molecule has 0 saturated heterocycles. The number of thiazole rings is 1. The van der Waals surface area contributed by atoms with Crippen molar-refractivity contribution in [2.24, 2.45) is 0 Å². The van der Waals surface area contributed by atoms with Gasteiger partial charge < -0.3 is 5.73 Å². The van der Waals surface area contributed by atoms with Gasteiger partial charge in [-0.2, -0.15) is 0 Å². The SMILES string of the molecule is Cc1csc(SCc2cccc(N)c2C)n1. The Kier molecular flexibility index (Phi) is 3.51. The van der Waals surface area contributed by atoms with Crippen molar-refractivity contribution < 1.29 is 0 Å². The average Bonchev–Trinajstić information content (AvgIpc) is 2.67. The second-order valence-electron chi connectivity index (χ2n) is 3.67. The quantitative estimate of drug-likeness (QED) is 0.668. The summed E-state index contributed by atoms with van der Waals surface area (Å²) in [5.41, 5.74) is 10.3. The van der Waals surface area contributed by atoms with Gasteiger partial charge in [0.25, 0.3) is 0 Å². The molecule has 0 aliphatic heterocycles. The molecule has 1 aromatic heterocycles. The molecule has 1 aromatic carbocycles. The second kappa shape index (κ2) is 4.89. The van der Waals surface area contributed by atoms with Gasteiger partial charge >= 0.3 is 0 Å². The summed E-state index contributed by atoms with van der Waals surface area (Å²) < 4.78 is 1.12. The molecule has 0 aliphatic carbocycles. The summed E-state index contributed by atoms with van der Waals surface area (Å²) in [6.45, 7) is 4.09. The van der Waals surface area contributed by atoms with Crippen molar-refractivity contribution in [3.63, 3.8) is 0 Å². The highest BCUT2D eigenvalue weighted by Gasteiger charge is 2.04. The van der Waals surface area contributed by atoms with Crippen LogP contribution in [0.4, 0.5) is 5.69 Å². The van der Waals surface area contributed by atoms with Gasteiger partial charge in [0.05, 0.1) is 0 Å². The molecule has 0 fully saturated rings. The number of nitrogens with two attached hydrogens (primary N) is 1. The van der Waals surface area contributed by atoms with Crippen molar-refractivity contribution in [2.45, 2.75) is 23.9 Å². The van der Waals surface area contributed by atoms with Gasteiger partial charge in [0.15, 0.2) is 0 Å². The second-order valence-corrected chi connectivity index (χ2v) is 5.76. The predicted octanol–water partition coefficient (Wildman–Crippen LogP) is 3.63. The lowest BCUT2D eigenvalue weighted by atomic mass is 10.1.